The minimum absolute atomic E-state index is 0.251. The Morgan fingerprint density at radius 1 is 1.26 bits per heavy atom. The number of nitrogens with zero attached hydrogens (tertiary/aromatic N) is 7. The van der Waals surface area contributed by atoms with Crippen molar-refractivity contribution in [1.29, 1.82) is 0 Å². The van der Waals surface area contributed by atoms with E-state index in [4.69, 9.17) is 4.74 Å². The first-order valence-corrected chi connectivity index (χ1v) is 7.62. The quantitative estimate of drug-likeness (QED) is 0.757. The van der Waals surface area contributed by atoms with E-state index in [0.717, 1.165) is 18.7 Å². The number of hydrogen-bond donors (Lipinski definition) is 1. The van der Waals surface area contributed by atoms with Crippen molar-refractivity contribution in [3.8, 4) is 5.82 Å². The molecule has 0 amide bonds. The van der Waals surface area contributed by atoms with Crippen molar-refractivity contribution in [2.45, 2.75) is 31.8 Å². The van der Waals surface area contributed by atoms with Crippen LogP contribution in [0.2, 0.25) is 0 Å². The normalized spacial score (nSPS) is 17.7. The summed E-state index contributed by atoms with van der Waals surface area (Å²) < 4.78 is 8.55. The van der Waals surface area contributed by atoms with E-state index in [1.54, 1.807) is 28.3 Å². The third-order valence-electron chi connectivity index (χ3n) is 3.97. The van der Waals surface area contributed by atoms with Crippen molar-refractivity contribution in [3.05, 3.63) is 30.1 Å². The Balaban J connectivity index is 1.77. The van der Waals surface area contributed by atoms with Gasteiger partial charge in [0.15, 0.2) is 23.1 Å². The van der Waals surface area contributed by atoms with Crippen LogP contribution in [0.15, 0.2) is 18.5 Å². The predicted molar refractivity (Wildman–Crippen MR) is 79.1 cm³/mol. The van der Waals surface area contributed by atoms with Gasteiger partial charge in [0, 0.05) is 19.1 Å². The minimum atomic E-state index is -0.741. The summed E-state index contributed by atoms with van der Waals surface area (Å²) in [5.74, 6) is 2.03. The highest BCUT2D eigenvalue weighted by molar-refractivity contribution is 5.38. The van der Waals surface area contributed by atoms with Gasteiger partial charge in [-0.15, -0.1) is 20.4 Å². The first kappa shape index (κ1) is 14.2. The zero-order valence-corrected chi connectivity index (χ0v) is 12.7. The van der Waals surface area contributed by atoms with Crippen LogP contribution in [0, 0.1) is 0 Å². The predicted octanol–water partition coefficient (Wildman–Crippen LogP) is 0.652. The molecule has 9 heteroatoms. The van der Waals surface area contributed by atoms with Crippen molar-refractivity contribution >= 4 is 5.65 Å². The van der Waals surface area contributed by atoms with Crippen molar-refractivity contribution in [2.75, 3.05) is 13.2 Å². The monoisotopic (exact) mass is 315 g/mol. The molecule has 0 saturated carbocycles. The van der Waals surface area contributed by atoms with Gasteiger partial charge in [-0.1, -0.05) is 0 Å². The lowest BCUT2D eigenvalue weighted by molar-refractivity contribution is 0.0835. The first-order chi connectivity index (χ1) is 11.2. The second-order valence-electron chi connectivity index (χ2n) is 5.63. The molecule has 4 heterocycles. The number of rotatable bonds is 3. The van der Waals surface area contributed by atoms with Crippen LogP contribution < -0.4 is 0 Å². The largest absolute Gasteiger partial charge is 0.385 e. The Labute approximate surface area is 131 Å². The fourth-order valence-corrected chi connectivity index (χ4v) is 2.74. The third kappa shape index (κ3) is 2.57. The fourth-order valence-electron chi connectivity index (χ4n) is 2.74. The van der Waals surface area contributed by atoms with Gasteiger partial charge in [0.25, 0.3) is 0 Å². The molecule has 1 aliphatic rings. The van der Waals surface area contributed by atoms with Gasteiger partial charge in [-0.25, -0.2) is 4.98 Å². The molecule has 0 aromatic carbocycles. The molecule has 1 aliphatic heterocycles. The van der Waals surface area contributed by atoms with Crippen molar-refractivity contribution in [3.63, 3.8) is 0 Å². The van der Waals surface area contributed by atoms with E-state index in [1.807, 2.05) is 0 Å². The van der Waals surface area contributed by atoms with Crippen LogP contribution in [0.3, 0.4) is 0 Å². The molecule has 1 atom stereocenters. The molecule has 3 aromatic rings. The summed E-state index contributed by atoms with van der Waals surface area (Å²) in [6.07, 6.45) is 2.56. The van der Waals surface area contributed by atoms with Gasteiger partial charge in [-0.05, 0) is 31.9 Å². The van der Waals surface area contributed by atoms with Gasteiger partial charge < -0.3 is 9.84 Å². The van der Waals surface area contributed by atoms with Gasteiger partial charge in [0.1, 0.15) is 12.4 Å². The van der Waals surface area contributed by atoms with Crippen LogP contribution in [-0.4, -0.2) is 52.9 Å². The molecule has 23 heavy (non-hydrogen) atoms. The molecule has 0 radical (unpaired) electrons. The summed E-state index contributed by atoms with van der Waals surface area (Å²) in [6, 6.07) is 3.59. The Morgan fingerprint density at radius 3 is 2.87 bits per heavy atom. The fraction of sp³-hybridized carbons (Fsp3) is 0.500. The van der Waals surface area contributed by atoms with E-state index in [9.17, 15) is 5.11 Å². The van der Waals surface area contributed by atoms with Gasteiger partial charge >= 0.3 is 0 Å². The first-order valence-electron chi connectivity index (χ1n) is 7.62. The van der Waals surface area contributed by atoms with E-state index >= 15 is 0 Å². The summed E-state index contributed by atoms with van der Waals surface area (Å²) in [4.78, 5) is 4.54. The minimum Gasteiger partial charge on any atom is -0.385 e. The molecule has 1 fully saturated rings. The molecule has 0 aliphatic carbocycles. The number of fused-ring (bicyclic) bond motifs is 1. The molecule has 4 rings (SSSR count). The van der Waals surface area contributed by atoms with Gasteiger partial charge in [-0.3, -0.25) is 0 Å². The highest BCUT2D eigenvalue weighted by Crippen LogP contribution is 2.26. The SMILES string of the molecule is CC(O)c1nc(C2CCOCC2)nn1-c1ccc2nncn2n1. The third-order valence-corrected chi connectivity index (χ3v) is 3.97. The standard InChI is InChI=1S/C14H17N7O2/c1-9(22)14-16-13(10-4-6-23-7-5-10)19-21(14)12-3-2-11-17-15-8-20(11)18-12/h2-3,8-10,22H,4-7H2,1H3. The van der Waals surface area contributed by atoms with Crippen LogP contribution in [-0.2, 0) is 4.74 Å². The molecule has 120 valence electrons. The second kappa shape index (κ2) is 5.67. The topological polar surface area (TPSA) is 103 Å². The number of aliphatic hydroxyl groups is 1. The van der Waals surface area contributed by atoms with Crippen LogP contribution in [0.25, 0.3) is 11.5 Å². The van der Waals surface area contributed by atoms with Crippen molar-refractivity contribution < 1.29 is 9.84 Å². The maximum atomic E-state index is 10.0. The Bertz CT molecular complexity index is 820. The Kier molecular flexibility index (Phi) is 3.50. The molecule has 0 spiro atoms. The van der Waals surface area contributed by atoms with Gasteiger partial charge in [0.05, 0.1) is 0 Å². The van der Waals surface area contributed by atoms with Crippen LogP contribution in [0.4, 0.5) is 0 Å². The number of aromatic nitrogens is 7. The van der Waals surface area contributed by atoms with E-state index in [2.05, 4.69) is 25.4 Å². The van der Waals surface area contributed by atoms with E-state index in [0.29, 0.717) is 30.5 Å². The number of hydrogen-bond acceptors (Lipinski definition) is 7. The summed E-state index contributed by atoms with van der Waals surface area (Å²) in [7, 11) is 0. The summed E-state index contributed by atoms with van der Waals surface area (Å²) >= 11 is 0. The lowest BCUT2D eigenvalue weighted by atomic mass is 10.00. The van der Waals surface area contributed by atoms with E-state index < -0.39 is 6.10 Å². The highest BCUT2D eigenvalue weighted by Gasteiger charge is 2.24. The van der Waals surface area contributed by atoms with Gasteiger partial charge in [0.2, 0.25) is 0 Å². The van der Waals surface area contributed by atoms with E-state index in [-0.39, 0.29) is 5.92 Å². The zero-order valence-electron chi connectivity index (χ0n) is 12.7. The molecule has 1 N–H and O–H groups in total. The van der Waals surface area contributed by atoms with Crippen LogP contribution in [0.5, 0.6) is 0 Å². The molecule has 1 saturated heterocycles. The lowest BCUT2D eigenvalue weighted by Crippen LogP contribution is -2.15. The van der Waals surface area contributed by atoms with Crippen molar-refractivity contribution in [1.82, 2.24) is 34.6 Å². The summed E-state index contributed by atoms with van der Waals surface area (Å²) in [6.45, 7) is 3.11. The molecular formula is C14H17N7O2. The average molecular weight is 315 g/mol. The smallest absolute Gasteiger partial charge is 0.177 e. The average Bonchev–Trinajstić information content (AvgIpc) is 3.22. The van der Waals surface area contributed by atoms with E-state index in [1.165, 1.54) is 6.33 Å². The molecule has 9 nitrogen and oxygen atoms in total. The zero-order chi connectivity index (χ0) is 15.8. The van der Waals surface area contributed by atoms with Gasteiger partial charge in [-0.2, -0.15) is 9.20 Å². The van der Waals surface area contributed by atoms with Crippen LogP contribution in [0.1, 0.15) is 43.4 Å². The number of aliphatic hydroxyl groups excluding tert-OH is 1. The summed E-state index contributed by atoms with van der Waals surface area (Å²) in [5.41, 5.74) is 0.650. The van der Waals surface area contributed by atoms with Crippen molar-refractivity contribution in [2.24, 2.45) is 0 Å². The number of ether oxygens (including phenoxy) is 1. The lowest BCUT2D eigenvalue weighted by Gasteiger charge is -2.18. The highest BCUT2D eigenvalue weighted by atomic mass is 16.5. The molecular weight excluding hydrogens is 298 g/mol. The summed E-state index contributed by atoms with van der Waals surface area (Å²) in [5, 5.41) is 26.8. The second-order valence-corrected chi connectivity index (χ2v) is 5.63. The Hall–Kier alpha value is -2.39. The molecule has 0 bridgehead atoms. The maximum absolute atomic E-state index is 10.0. The molecule has 3 aromatic heterocycles. The maximum Gasteiger partial charge on any atom is 0.177 e. The van der Waals surface area contributed by atoms with Crippen LogP contribution >= 0.6 is 0 Å². The molecule has 1 unspecified atom stereocenters. The Morgan fingerprint density at radius 2 is 2.09 bits per heavy atom.